The summed E-state index contributed by atoms with van der Waals surface area (Å²) in [7, 11) is 0. The van der Waals surface area contributed by atoms with Gasteiger partial charge in [0.25, 0.3) is 5.69 Å². The minimum absolute atomic E-state index is 0.0782. The molecule has 1 fully saturated rings. The first-order valence-corrected chi connectivity index (χ1v) is 6.86. The van der Waals surface area contributed by atoms with Crippen LogP contribution in [0.15, 0.2) is 12.1 Å². The van der Waals surface area contributed by atoms with E-state index in [0.717, 1.165) is 12.4 Å². The number of nitrogens with one attached hydrogen (secondary N) is 1. The molecule has 1 N–H and O–H groups in total. The lowest BCUT2D eigenvalue weighted by Gasteiger charge is -2.33. The predicted octanol–water partition coefficient (Wildman–Crippen LogP) is 3.68. The number of anilines is 1. The van der Waals surface area contributed by atoms with E-state index in [4.69, 9.17) is 0 Å². The number of rotatable bonds is 4. The standard InChI is InChI=1S/C14H21N3O2/c1-11-12(17(18)19)6-7-13(16-11)15-10-14(2)8-4-3-5-9-14/h6-7H,3-5,8-10H2,1-2H3,(H,15,16). The molecule has 0 unspecified atom stereocenters. The third-order valence-corrected chi connectivity index (χ3v) is 4.01. The van der Waals surface area contributed by atoms with Gasteiger partial charge in [-0.3, -0.25) is 10.1 Å². The average Bonchev–Trinajstić information content (AvgIpc) is 2.37. The van der Waals surface area contributed by atoms with Gasteiger partial charge in [-0.15, -0.1) is 0 Å². The second-order valence-electron chi connectivity index (χ2n) is 5.78. The van der Waals surface area contributed by atoms with Crippen LogP contribution < -0.4 is 5.32 Å². The smallest absolute Gasteiger partial charge is 0.290 e. The Balaban J connectivity index is 2.00. The lowest BCUT2D eigenvalue weighted by molar-refractivity contribution is -0.385. The van der Waals surface area contributed by atoms with Crippen LogP contribution >= 0.6 is 0 Å². The molecule has 1 heterocycles. The van der Waals surface area contributed by atoms with E-state index in [1.165, 1.54) is 38.2 Å². The lowest BCUT2D eigenvalue weighted by Crippen LogP contribution is -2.29. The number of nitrogens with zero attached hydrogens (tertiary/aromatic N) is 2. The fourth-order valence-corrected chi connectivity index (χ4v) is 2.73. The summed E-state index contributed by atoms with van der Waals surface area (Å²) in [5, 5.41) is 14.1. The number of nitro groups is 1. The monoisotopic (exact) mass is 263 g/mol. The minimum Gasteiger partial charge on any atom is -0.370 e. The summed E-state index contributed by atoms with van der Waals surface area (Å²) in [4.78, 5) is 14.6. The quantitative estimate of drug-likeness (QED) is 0.664. The van der Waals surface area contributed by atoms with Gasteiger partial charge in [0.15, 0.2) is 0 Å². The zero-order valence-electron chi connectivity index (χ0n) is 11.6. The Hall–Kier alpha value is -1.65. The fraction of sp³-hybridized carbons (Fsp3) is 0.643. The summed E-state index contributed by atoms with van der Waals surface area (Å²) in [5.41, 5.74) is 0.869. The highest BCUT2D eigenvalue weighted by Crippen LogP contribution is 2.35. The van der Waals surface area contributed by atoms with Gasteiger partial charge < -0.3 is 5.32 Å². The van der Waals surface area contributed by atoms with E-state index in [2.05, 4.69) is 17.2 Å². The molecule has 19 heavy (non-hydrogen) atoms. The zero-order valence-corrected chi connectivity index (χ0v) is 11.6. The molecule has 0 aromatic carbocycles. The third kappa shape index (κ3) is 3.43. The number of pyridine rings is 1. The Kier molecular flexibility index (Phi) is 4.02. The number of hydrogen-bond acceptors (Lipinski definition) is 4. The molecular formula is C14H21N3O2. The van der Waals surface area contributed by atoms with E-state index in [9.17, 15) is 10.1 Å². The number of hydrogen-bond donors (Lipinski definition) is 1. The molecule has 1 aliphatic rings. The van der Waals surface area contributed by atoms with Crippen LogP contribution in [0, 0.1) is 22.5 Å². The Morgan fingerprint density at radius 2 is 2.05 bits per heavy atom. The summed E-state index contributed by atoms with van der Waals surface area (Å²) in [6.45, 7) is 4.86. The number of aromatic nitrogens is 1. The minimum atomic E-state index is -0.394. The van der Waals surface area contributed by atoms with Crippen molar-refractivity contribution in [1.29, 1.82) is 0 Å². The van der Waals surface area contributed by atoms with Crippen molar-refractivity contribution in [2.75, 3.05) is 11.9 Å². The van der Waals surface area contributed by atoms with Crippen LogP contribution in [0.5, 0.6) is 0 Å². The molecule has 0 spiro atoms. The van der Waals surface area contributed by atoms with Gasteiger partial charge >= 0.3 is 0 Å². The van der Waals surface area contributed by atoms with Gasteiger partial charge in [-0.25, -0.2) is 4.98 Å². The van der Waals surface area contributed by atoms with Crippen LogP contribution in [0.4, 0.5) is 11.5 Å². The summed E-state index contributed by atoms with van der Waals surface area (Å²) in [5.74, 6) is 0.731. The zero-order chi connectivity index (χ0) is 13.9. The second kappa shape index (κ2) is 5.55. The maximum atomic E-state index is 10.7. The Labute approximate surface area is 113 Å². The van der Waals surface area contributed by atoms with Crippen LogP contribution in [0.25, 0.3) is 0 Å². The maximum Gasteiger partial charge on any atom is 0.290 e. The maximum absolute atomic E-state index is 10.7. The Morgan fingerprint density at radius 1 is 1.37 bits per heavy atom. The van der Waals surface area contributed by atoms with E-state index < -0.39 is 4.92 Å². The molecule has 5 nitrogen and oxygen atoms in total. The molecule has 0 saturated heterocycles. The average molecular weight is 263 g/mol. The summed E-state index contributed by atoms with van der Waals surface area (Å²) in [6, 6.07) is 3.21. The van der Waals surface area contributed by atoms with Crippen molar-refractivity contribution in [2.45, 2.75) is 46.0 Å². The molecule has 5 heteroatoms. The Morgan fingerprint density at radius 3 is 2.63 bits per heavy atom. The summed E-state index contributed by atoms with van der Waals surface area (Å²) >= 11 is 0. The van der Waals surface area contributed by atoms with Crippen molar-refractivity contribution in [2.24, 2.45) is 5.41 Å². The highest BCUT2D eigenvalue weighted by Gasteiger charge is 2.26. The molecule has 1 aromatic rings. The first-order chi connectivity index (χ1) is 9.00. The van der Waals surface area contributed by atoms with Crippen molar-refractivity contribution >= 4 is 11.5 Å². The van der Waals surface area contributed by atoms with Gasteiger partial charge in [0.1, 0.15) is 11.5 Å². The molecule has 1 saturated carbocycles. The van der Waals surface area contributed by atoms with Crippen molar-refractivity contribution in [3.63, 3.8) is 0 Å². The van der Waals surface area contributed by atoms with Crippen molar-refractivity contribution in [3.05, 3.63) is 27.9 Å². The molecule has 1 aliphatic carbocycles. The van der Waals surface area contributed by atoms with E-state index in [0.29, 0.717) is 11.1 Å². The second-order valence-corrected chi connectivity index (χ2v) is 5.78. The van der Waals surface area contributed by atoms with Crippen LogP contribution in [-0.4, -0.2) is 16.5 Å². The molecule has 1 aromatic heterocycles. The SMILES string of the molecule is Cc1nc(NCC2(C)CCCCC2)ccc1[N+](=O)[O-]. The van der Waals surface area contributed by atoms with Crippen molar-refractivity contribution < 1.29 is 4.92 Å². The van der Waals surface area contributed by atoms with Crippen LogP contribution in [0.3, 0.4) is 0 Å². The molecule has 0 atom stereocenters. The highest BCUT2D eigenvalue weighted by atomic mass is 16.6. The van der Waals surface area contributed by atoms with Gasteiger partial charge in [-0.1, -0.05) is 26.2 Å². The Bertz CT molecular complexity index is 468. The van der Waals surface area contributed by atoms with Crippen LogP contribution in [-0.2, 0) is 0 Å². The molecule has 0 bridgehead atoms. The topological polar surface area (TPSA) is 68.1 Å². The van der Waals surface area contributed by atoms with Crippen molar-refractivity contribution in [1.82, 2.24) is 4.98 Å². The third-order valence-electron chi connectivity index (χ3n) is 4.01. The molecule has 2 rings (SSSR count). The number of aryl methyl sites for hydroxylation is 1. The fourth-order valence-electron chi connectivity index (χ4n) is 2.73. The van der Waals surface area contributed by atoms with Gasteiger partial charge in [-0.05, 0) is 31.2 Å². The van der Waals surface area contributed by atoms with Gasteiger partial charge in [0, 0.05) is 12.6 Å². The van der Waals surface area contributed by atoms with E-state index in [1.807, 2.05) is 0 Å². The summed E-state index contributed by atoms with van der Waals surface area (Å²) < 4.78 is 0. The highest BCUT2D eigenvalue weighted by molar-refractivity contribution is 5.44. The van der Waals surface area contributed by atoms with E-state index in [-0.39, 0.29) is 5.69 Å². The van der Waals surface area contributed by atoms with Gasteiger partial charge in [0.2, 0.25) is 0 Å². The first kappa shape index (κ1) is 13.8. The van der Waals surface area contributed by atoms with Gasteiger partial charge in [-0.2, -0.15) is 0 Å². The molecule has 0 aliphatic heterocycles. The lowest BCUT2D eigenvalue weighted by atomic mass is 9.76. The van der Waals surface area contributed by atoms with Crippen LogP contribution in [0.2, 0.25) is 0 Å². The van der Waals surface area contributed by atoms with Crippen molar-refractivity contribution in [3.8, 4) is 0 Å². The van der Waals surface area contributed by atoms with E-state index in [1.54, 1.807) is 13.0 Å². The molecule has 0 radical (unpaired) electrons. The normalized spacial score (nSPS) is 18.0. The molecule has 104 valence electrons. The van der Waals surface area contributed by atoms with Gasteiger partial charge in [0.05, 0.1) is 4.92 Å². The predicted molar refractivity (Wildman–Crippen MR) is 75.3 cm³/mol. The van der Waals surface area contributed by atoms with E-state index >= 15 is 0 Å². The van der Waals surface area contributed by atoms with Crippen LogP contribution in [0.1, 0.15) is 44.7 Å². The largest absolute Gasteiger partial charge is 0.370 e. The molecular weight excluding hydrogens is 242 g/mol. The first-order valence-electron chi connectivity index (χ1n) is 6.86. The summed E-state index contributed by atoms with van der Waals surface area (Å²) in [6.07, 6.45) is 6.41. The molecule has 0 amide bonds.